The van der Waals surface area contributed by atoms with Gasteiger partial charge < -0.3 is 25.2 Å². The van der Waals surface area contributed by atoms with Crippen LogP contribution in [0.15, 0.2) is 0 Å². The predicted octanol–water partition coefficient (Wildman–Crippen LogP) is 2.32. The van der Waals surface area contributed by atoms with Gasteiger partial charge in [0.25, 0.3) is 0 Å². The van der Waals surface area contributed by atoms with Crippen LogP contribution in [0.25, 0.3) is 0 Å². The largest absolute Gasteiger partial charge is 0.444 e. The zero-order chi connectivity index (χ0) is 17.8. The van der Waals surface area contributed by atoms with E-state index in [-0.39, 0.29) is 6.04 Å². The Morgan fingerprint density at radius 3 is 1.74 bits per heavy atom. The summed E-state index contributed by atoms with van der Waals surface area (Å²) in [6.07, 6.45) is -0.123. The first kappa shape index (κ1) is 19.5. The van der Waals surface area contributed by atoms with Crippen molar-refractivity contribution in [1.82, 2.24) is 10.6 Å². The van der Waals surface area contributed by atoms with Crippen molar-refractivity contribution >= 4 is 12.2 Å². The normalized spacial score (nSPS) is 25.4. The van der Waals surface area contributed by atoms with Crippen LogP contribution in [-0.2, 0) is 9.47 Å². The summed E-state index contributed by atoms with van der Waals surface area (Å²) in [5.41, 5.74) is -1.20. The van der Waals surface area contributed by atoms with Crippen molar-refractivity contribution < 1.29 is 24.2 Å². The highest BCUT2D eigenvalue weighted by atomic mass is 16.6. The summed E-state index contributed by atoms with van der Waals surface area (Å²) in [7, 11) is 0. The van der Waals surface area contributed by atoms with Gasteiger partial charge in [-0.2, -0.15) is 0 Å². The molecule has 7 heteroatoms. The molecular formula is C16H30N2O5. The van der Waals surface area contributed by atoms with Crippen molar-refractivity contribution in [3.05, 3.63) is 0 Å². The summed E-state index contributed by atoms with van der Waals surface area (Å²) in [5, 5.41) is 15.3. The number of amides is 2. The summed E-state index contributed by atoms with van der Waals surface area (Å²) in [6, 6.07) is -0.707. The van der Waals surface area contributed by atoms with Gasteiger partial charge in [0.2, 0.25) is 0 Å². The van der Waals surface area contributed by atoms with E-state index in [0.29, 0.717) is 19.3 Å². The average molecular weight is 330 g/mol. The maximum absolute atomic E-state index is 11.9. The lowest BCUT2D eigenvalue weighted by molar-refractivity contribution is 0.0325. The molecule has 0 aromatic rings. The molecule has 7 nitrogen and oxygen atoms in total. The molecule has 3 atom stereocenters. The quantitative estimate of drug-likeness (QED) is 0.722. The van der Waals surface area contributed by atoms with Crippen LogP contribution >= 0.6 is 0 Å². The smallest absolute Gasteiger partial charge is 0.407 e. The minimum atomic E-state index is -0.606. The summed E-state index contributed by atoms with van der Waals surface area (Å²) >= 11 is 0. The number of rotatable bonds is 2. The van der Waals surface area contributed by atoms with E-state index in [1.807, 2.05) is 0 Å². The third kappa shape index (κ3) is 8.06. The monoisotopic (exact) mass is 330 g/mol. The minimum absolute atomic E-state index is 0.305. The van der Waals surface area contributed by atoms with Gasteiger partial charge in [-0.15, -0.1) is 0 Å². The molecule has 1 rings (SSSR count). The molecule has 0 heterocycles. The standard InChI is InChI=1S/C16H30N2O5/c1-15(2,3)22-13(20)17-11-8-7-10(19)9-12(11)18-14(21)23-16(4,5)6/h10-12,19H,7-9H2,1-6H3,(H,17,20)(H,18,21)/t10?,11-,12+/m0/s1. The number of hydrogen-bond acceptors (Lipinski definition) is 5. The van der Waals surface area contributed by atoms with E-state index in [2.05, 4.69) is 10.6 Å². The Hall–Kier alpha value is -1.50. The first-order chi connectivity index (χ1) is 10.4. The van der Waals surface area contributed by atoms with Crippen LogP contribution in [0.4, 0.5) is 9.59 Å². The fraction of sp³-hybridized carbons (Fsp3) is 0.875. The first-order valence-electron chi connectivity index (χ1n) is 8.03. The van der Waals surface area contributed by atoms with Crippen molar-refractivity contribution in [3.8, 4) is 0 Å². The van der Waals surface area contributed by atoms with E-state index in [1.165, 1.54) is 0 Å². The van der Waals surface area contributed by atoms with E-state index in [0.717, 1.165) is 0 Å². The van der Waals surface area contributed by atoms with E-state index >= 15 is 0 Å². The molecular weight excluding hydrogens is 300 g/mol. The number of hydrogen-bond donors (Lipinski definition) is 3. The molecule has 1 aliphatic carbocycles. The van der Waals surface area contributed by atoms with Crippen LogP contribution in [0, 0.1) is 0 Å². The van der Waals surface area contributed by atoms with Gasteiger partial charge in [-0.25, -0.2) is 9.59 Å². The first-order valence-corrected chi connectivity index (χ1v) is 8.03. The number of carbonyl (C=O) groups is 2. The highest BCUT2D eigenvalue weighted by Gasteiger charge is 2.34. The number of aliphatic hydroxyl groups excluding tert-OH is 1. The molecule has 3 N–H and O–H groups in total. The van der Waals surface area contributed by atoms with Crippen LogP contribution in [0.2, 0.25) is 0 Å². The van der Waals surface area contributed by atoms with Gasteiger partial charge in [0.05, 0.1) is 18.2 Å². The third-order valence-electron chi connectivity index (χ3n) is 3.23. The van der Waals surface area contributed by atoms with E-state index in [9.17, 15) is 14.7 Å². The summed E-state index contributed by atoms with van der Waals surface area (Å²) in [6.45, 7) is 10.7. The lowest BCUT2D eigenvalue weighted by atomic mass is 9.88. The fourth-order valence-corrected chi connectivity index (χ4v) is 2.40. The summed E-state index contributed by atoms with van der Waals surface area (Å²) in [4.78, 5) is 23.9. The fourth-order valence-electron chi connectivity index (χ4n) is 2.40. The molecule has 0 saturated heterocycles. The Morgan fingerprint density at radius 1 is 0.870 bits per heavy atom. The van der Waals surface area contributed by atoms with E-state index < -0.39 is 35.5 Å². The molecule has 0 radical (unpaired) electrons. The van der Waals surface area contributed by atoms with Crippen LogP contribution in [0.1, 0.15) is 60.8 Å². The van der Waals surface area contributed by atoms with Gasteiger partial charge in [0, 0.05) is 0 Å². The van der Waals surface area contributed by atoms with Crippen LogP contribution < -0.4 is 10.6 Å². The van der Waals surface area contributed by atoms with E-state index in [4.69, 9.17) is 9.47 Å². The van der Waals surface area contributed by atoms with Gasteiger partial charge in [-0.3, -0.25) is 0 Å². The topological polar surface area (TPSA) is 96.9 Å². The van der Waals surface area contributed by atoms with Gasteiger partial charge in [0.15, 0.2) is 0 Å². The molecule has 0 aromatic carbocycles. The number of carbonyl (C=O) groups excluding carboxylic acids is 2. The lowest BCUT2D eigenvalue weighted by Crippen LogP contribution is -2.56. The van der Waals surface area contributed by atoms with Gasteiger partial charge in [-0.1, -0.05) is 0 Å². The molecule has 1 saturated carbocycles. The van der Waals surface area contributed by atoms with Gasteiger partial charge in [0.1, 0.15) is 11.2 Å². The average Bonchev–Trinajstić information content (AvgIpc) is 2.27. The molecule has 1 fully saturated rings. The summed E-state index contributed by atoms with van der Waals surface area (Å²) in [5.74, 6) is 0. The Labute approximate surface area is 138 Å². The molecule has 134 valence electrons. The number of nitrogens with one attached hydrogen (secondary N) is 2. The van der Waals surface area contributed by atoms with Crippen molar-refractivity contribution in [2.75, 3.05) is 0 Å². The highest BCUT2D eigenvalue weighted by Crippen LogP contribution is 2.21. The second-order valence-electron chi connectivity index (χ2n) is 7.97. The number of aliphatic hydroxyl groups is 1. The Kier molecular flexibility index (Phi) is 6.27. The number of ether oxygens (including phenoxy) is 2. The van der Waals surface area contributed by atoms with Crippen LogP contribution in [0.5, 0.6) is 0 Å². The maximum Gasteiger partial charge on any atom is 0.407 e. The van der Waals surface area contributed by atoms with Crippen molar-refractivity contribution in [1.29, 1.82) is 0 Å². The van der Waals surface area contributed by atoms with Gasteiger partial charge >= 0.3 is 12.2 Å². The summed E-state index contributed by atoms with van der Waals surface area (Å²) < 4.78 is 10.5. The third-order valence-corrected chi connectivity index (χ3v) is 3.23. The Bertz CT molecular complexity index is 425. The SMILES string of the molecule is CC(C)(C)OC(=O)N[C@H]1CCC(O)C[C@H]1NC(=O)OC(C)(C)C. The predicted molar refractivity (Wildman–Crippen MR) is 86.2 cm³/mol. The highest BCUT2D eigenvalue weighted by molar-refractivity contribution is 5.70. The van der Waals surface area contributed by atoms with Crippen molar-refractivity contribution in [3.63, 3.8) is 0 Å². The molecule has 0 aliphatic heterocycles. The molecule has 0 spiro atoms. The molecule has 1 unspecified atom stereocenters. The molecule has 23 heavy (non-hydrogen) atoms. The molecule has 2 amide bonds. The van der Waals surface area contributed by atoms with Crippen molar-refractivity contribution in [2.24, 2.45) is 0 Å². The molecule has 0 bridgehead atoms. The van der Waals surface area contributed by atoms with Gasteiger partial charge in [-0.05, 0) is 60.8 Å². The Balaban J connectivity index is 2.64. The van der Waals surface area contributed by atoms with E-state index in [1.54, 1.807) is 41.5 Å². The Morgan fingerprint density at radius 2 is 1.30 bits per heavy atom. The second kappa shape index (κ2) is 7.38. The second-order valence-corrected chi connectivity index (χ2v) is 7.97. The number of alkyl carbamates (subject to hydrolysis) is 2. The molecule has 0 aromatic heterocycles. The van der Waals surface area contributed by atoms with Crippen LogP contribution in [-0.4, -0.2) is 46.7 Å². The zero-order valence-electron chi connectivity index (χ0n) is 14.9. The van der Waals surface area contributed by atoms with Crippen molar-refractivity contribution in [2.45, 2.75) is 90.2 Å². The molecule has 1 aliphatic rings. The maximum atomic E-state index is 11.9. The minimum Gasteiger partial charge on any atom is -0.444 e. The lowest BCUT2D eigenvalue weighted by Gasteiger charge is -2.35. The van der Waals surface area contributed by atoms with Crippen LogP contribution in [0.3, 0.4) is 0 Å². The zero-order valence-corrected chi connectivity index (χ0v) is 14.9.